The Morgan fingerprint density at radius 1 is 1.26 bits per heavy atom. The SMILES string of the molecule is O=C(O)c1ccccc1CNc1ccc(Cl)cc1F. The summed E-state index contributed by atoms with van der Waals surface area (Å²) in [7, 11) is 0. The molecular weight excluding hydrogens is 269 g/mol. The number of benzene rings is 2. The van der Waals surface area contributed by atoms with E-state index in [4.69, 9.17) is 16.7 Å². The van der Waals surface area contributed by atoms with E-state index in [1.165, 1.54) is 18.2 Å². The fraction of sp³-hybridized carbons (Fsp3) is 0.0714. The molecule has 0 spiro atoms. The van der Waals surface area contributed by atoms with Crippen LogP contribution in [0.5, 0.6) is 0 Å². The van der Waals surface area contributed by atoms with Crippen molar-refractivity contribution in [2.45, 2.75) is 6.54 Å². The largest absolute Gasteiger partial charge is 0.478 e. The van der Waals surface area contributed by atoms with Crippen LogP contribution in [0.25, 0.3) is 0 Å². The van der Waals surface area contributed by atoms with E-state index in [0.717, 1.165) is 0 Å². The van der Waals surface area contributed by atoms with Crippen molar-refractivity contribution < 1.29 is 14.3 Å². The predicted octanol–water partition coefficient (Wildman–Crippen LogP) is 3.79. The number of rotatable bonds is 4. The number of aromatic carboxylic acids is 1. The normalized spacial score (nSPS) is 10.2. The molecule has 3 nitrogen and oxygen atoms in total. The standard InChI is InChI=1S/C14H11ClFNO2/c15-10-5-6-13(12(16)7-10)17-8-9-3-1-2-4-11(9)14(18)19/h1-7,17H,8H2,(H,18,19). The molecule has 0 aliphatic rings. The van der Waals surface area contributed by atoms with E-state index in [9.17, 15) is 9.18 Å². The minimum Gasteiger partial charge on any atom is -0.478 e. The van der Waals surface area contributed by atoms with Gasteiger partial charge in [-0.15, -0.1) is 0 Å². The Balaban J connectivity index is 2.17. The lowest BCUT2D eigenvalue weighted by molar-refractivity contribution is 0.0696. The molecule has 0 unspecified atom stereocenters. The fourth-order valence-corrected chi connectivity index (χ4v) is 1.87. The fourth-order valence-electron chi connectivity index (χ4n) is 1.71. The van der Waals surface area contributed by atoms with Gasteiger partial charge in [-0.1, -0.05) is 29.8 Å². The predicted molar refractivity (Wildman–Crippen MR) is 72.1 cm³/mol. The van der Waals surface area contributed by atoms with Crippen molar-refractivity contribution >= 4 is 23.3 Å². The highest BCUT2D eigenvalue weighted by Crippen LogP contribution is 2.20. The second-order valence-corrected chi connectivity index (χ2v) is 4.38. The number of hydrogen-bond donors (Lipinski definition) is 2. The van der Waals surface area contributed by atoms with Crippen molar-refractivity contribution in [1.82, 2.24) is 0 Å². The van der Waals surface area contributed by atoms with Crippen LogP contribution in [0, 0.1) is 5.82 Å². The van der Waals surface area contributed by atoms with Crippen molar-refractivity contribution in [3.05, 3.63) is 64.4 Å². The maximum atomic E-state index is 13.5. The average Bonchev–Trinajstić information content (AvgIpc) is 2.38. The zero-order valence-corrected chi connectivity index (χ0v) is 10.6. The summed E-state index contributed by atoms with van der Waals surface area (Å²) < 4.78 is 13.5. The Morgan fingerprint density at radius 3 is 2.68 bits per heavy atom. The number of carboxylic acid groups (broad SMARTS) is 1. The van der Waals surface area contributed by atoms with Crippen LogP contribution in [0.3, 0.4) is 0 Å². The first-order chi connectivity index (χ1) is 9.08. The van der Waals surface area contributed by atoms with E-state index in [-0.39, 0.29) is 17.8 Å². The van der Waals surface area contributed by atoms with Crippen molar-refractivity contribution in [1.29, 1.82) is 0 Å². The number of carbonyl (C=O) groups is 1. The maximum Gasteiger partial charge on any atom is 0.336 e. The molecule has 0 heterocycles. The Labute approximate surface area is 114 Å². The summed E-state index contributed by atoms with van der Waals surface area (Å²) in [5.74, 6) is -1.48. The molecule has 0 aliphatic carbocycles. The lowest BCUT2D eigenvalue weighted by Gasteiger charge is -2.10. The quantitative estimate of drug-likeness (QED) is 0.895. The Hall–Kier alpha value is -2.07. The minimum absolute atomic E-state index is 0.198. The topological polar surface area (TPSA) is 49.3 Å². The van der Waals surface area contributed by atoms with Gasteiger partial charge in [-0.25, -0.2) is 9.18 Å². The number of halogens is 2. The van der Waals surface area contributed by atoms with Crippen LogP contribution in [0.1, 0.15) is 15.9 Å². The van der Waals surface area contributed by atoms with E-state index < -0.39 is 11.8 Å². The zero-order chi connectivity index (χ0) is 13.8. The first-order valence-corrected chi connectivity index (χ1v) is 5.96. The van der Waals surface area contributed by atoms with Gasteiger partial charge >= 0.3 is 5.97 Å². The molecule has 2 aromatic carbocycles. The molecule has 0 fully saturated rings. The Kier molecular flexibility index (Phi) is 4.02. The minimum atomic E-state index is -1.01. The average molecular weight is 280 g/mol. The van der Waals surface area contributed by atoms with Gasteiger partial charge in [0.15, 0.2) is 0 Å². The monoisotopic (exact) mass is 279 g/mol. The van der Waals surface area contributed by atoms with Crippen LogP contribution < -0.4 is 5.32 Å². The highest BCUT2D eigenvalue weighted by atomic mass is 35.5. The lowest BCUT2D eigenvalue weighted by Crippen LogP contribution is -2.07. The summed E-state index contributed by atoms with van der Waals surface area (Å²) in [6.45, 7) is 0.223. The molecule has 0 aliphatic heterocycles. The van der Waals surface area contributed by atoms with Crippen LogP contribution in [-0.2, 0) is 6.54 Å². The molecule has 0 aromatic heterocycles. The molecule has 0 saturated heterocycles. The van der Waals surface area contributed by atoms with Crippen molar-refractivity contribution in [2.24, 2.45) is 0 Å². The van der Waals surface area contributed by atoms with E-state index in [1.54, 1.807) is 24.3 Å². The van der Waals surface area contributed by atoms with E-state index in [1.807, 2.05) is 0 Å². The molecule has 98 valence electrons. The number of hydrogen-bond acceptors (Lipinski definition) is 2. The number of carboxylic acids is 1. The van der Waals surface area contributed by atoms with Gasteiger partial charge in [-0.2, -0.15) is 0 Å². The molecule has 0 saturated carbocycles. The van der Waals surface area contributed by atoms with E-state index >= 15 is 0 Å². The summed E-state index contributed by atoms with van der Waals surface area (Å²) >= 11 is 5.66. The molecule has 0 radical (unpaired) electrons. The van der Waals surface area contributed by atoms with E-state index in [2.05, 4.69) is 5.32 Å². The molecule has 0 atom stereocenters. The van der Waals surface area contributed by atoms with Gasteiger partial charge in [0.2, 0.25) is 0 Å². The summed E-state index contributed by atoms with van der Waals surface area (Å²) in [5, 5.41) is 12.2. The summed E-state index contributed by atoms with van der Waals surface area (Å²) in [6.07, 6.45) is 0. The van der Waals surface area contributed by atoms with Gasteiger partial charge in [0, 0.05) is 11.6 Å². The summed E-state index contributed by atoms with van der Waals surface area (Å²) in [5.41, 5.74) is 1.07. The molecule has 2 rings (SSSR count). The highest BCUT2D eigenvalue weighted by molar-refractivity contribution is 6.30. The van der Waals surface area contributed by atoms with Gasteiger partial charge in [0.05, 0.1) is 11.3 Å². The first kappa shape index (κ1) is 13.4. The smallest absolute Gasteiger partial charge is 0.336 e. The molecule has 0 bridgehead atoms. The highest BCUT2D eigenvalue weighted by Gasteiger charge is 2.09. The molecular formula is C14H11ClFNO2. The van der Waals surface area contributed by atoms with Crippen LogP contribution >= 0.6 is 11.6 Å². The van der Waals surface area contributed by atoms with Gasteiger partial charge in [-0.3, -0.25) is 0 Å². The van der Waals surface area contributed by atoms with Crippen LogP contribution in [0.15, 0.2) is 42.5 Å². The molecule has 2 N–H and O–H groups in total. The third kappa shape index (κ3) is 3.23. The maximum absolute atomic E-state index is 13.5. The molecule has 0 amide bonds. The van der Waals surface area contributed by atoms with Gasteiger partial charge in [0.1, 0.15) is 5.82 Å². The number of anilines is 1. The summed E-state index contributed by atoms with van der Waals surface area (Å²) in [6, 6.07) is 10.9. The molecule has 2 aromatic rings. The second-order valence-electron chi connectivity index (χ2n) is 3.94. The Bertz CT molecular complexity index is 616. The number of nitrogens with one attached hydrogen (secondary N) is 1. The van der Waals surface area contributed by atoms with Crippen molar-refractivity contribution in [3.8, 4) is 0 Å². The van der Waals surface area contributed by atoms with Crippen molar-refractivity contribution in [2.75, 3.05) is 5.32 Å². The van der Waals surface area contributed by atoms with Gasteiger partial charge < -0.3 is 10.4 Å². The zero-order valence-electron chi connectivity index (χ0n) is 9.86. The van der Waals surface area contributed by atoms with E-state index in [0.29, 0.717) is 10.6 Å². The summed E-state index contributed by atoms with van der Waals surface area (Å²) in [4.78, 5) is 11.0. The second kappa shape index (κ2) is 5.71. The van der Waals surface area contributed by atoms with Gasteiger partial charge in [0.25, 0.3) is 0 Å². The third-order valence-electron chi connectivity index (χ3n) is 2.65. The van der Waals surface area contributed by atoms with Crippen LogP contribution in [0.2, 0.25) is 5.02 Å². The van der Waals surface area contributed by atoms with Crippen LogP contribution in [-0.4, -0.2) is 11.1 Å². The lowest BCUT2D eigenvalue weighted by atomic mass is 10.1. The van der Waals surface area contributed by atoms with Crippen molar-refractivity contribution in [3.63, 3.8) is 0 Å². The first-order valence-electron chi connectivity index (χ1n) is 5.58. The Morgan fingerprint density at radius 2 is 2.00 bits per heavy atom. The third-order valence-corrected chi connectivity index (χ3v) is 2.88. The van der Waals surface area contributed by atoms with Crippen LogP contribution in [0.4, 0.5) is 10.1 Å². The van der Waals surface area contributed by atoms with Gasteiger partial charge in [-0.05, 0) is 29.8 Å². The molecule has 19 heavy (non-hydrogen) atoms. The molecule has 5 heteroatoms.